The van der Waals surface area contributed by atoms with E-state index in [0.29, 0.717) is 13.1 Å². The lowest BCUT2D eigenvalue weighted by atomic mass is 10.3. The van der Waals surface area contributed by atoms with Crippen molar-refractivity contribution in [1.29, 1.82) is 0 Å². The Kier molecular flexibility index (Phi) is 2.36. The zero-order chi connectivity index (χ0) is 10.8. The number of carbonyl (C=O) groups excluding carboxylic acids is 1. The summed E-state index contributed by atoms with van der Waals surface area (Å²) in [6.45, 7) is 1.31. The van der Waals surface area contributed by atoms with Gasteiger partial charge in [-0.05, 0) is 12.8 Å². The minimum Gasteiger partial charge on any atom is -0.476 e. The molecule has 1 amide bonds. The first kappa shape index (κ1) is 9.63. The number of aromatic carboxylic acids is 1. The average Bonchev–Trinajstić information content (AvgIpc) is 2.88. The van der Waals surface area contributed by atoms with Crippen LogP contribution < -0.4 is 0 Å². The maximum atomic E-state index is 11.8. The lowest BCUT2D eigenvalue weighted by Crippen LogP contribution is -2.29. The molecule has 1 aromatic rings. The summed E-state index contributed by atoms with van der Waals surface area (Å²) in [6, 6.07) is 0. The van der Waals surface area contributed by atoms with Crippen molar-refractivity contribution in [3.8, 4) is 0 Å². The average molecular weight is 210 g/mol. The number of carbonyl (C=O) groups is 2. The first-order valence-corrected chi connectivity index (χ1v) is 4.63. The van der Waals surface area contributed by atoms with Crippen LogP contribution in [-0.2, 0) is 0 Å². The Morgan fingerprint density at radius 1 is 1.20 bits per heavy atom. The van der Waals surface area contributed by atoms with Gasteiger partial charge in [0.05, 0.1) is 0 Å². The van der Waals surface area contributed by atoms with E-state index in [9.17, 15) is 9.59 Å². The van der Waals surface area contributed by atoms with Gasteiger partial charge in [-0.1, -0.05) is 0 Å². The summed E-state index contributed by atoms with van der Waals surface area (Å²) in [5, 5.41) is 17.9. The Balaban J connectivity index is 2.24. The van der Waals surface area contributed by atoms with E-state index in [1.54, 1.807) is 4.90 Å². The molecule has 1 fully saturated rings. The van der Waals surface area contributed by atoms with Crippen LogP contribution in [0.4, 0.5) is 0 Å². The number of nitrogens with one attached hydrogen (secondary N) is 1. The molecule has 7 nitrogen and oxygen atoms in total. The van der Waals surface area contributed by atoms with E-state index in [2.05, 4.69) is 15.4 Å². The van der Waals surface area contributed by atoms with Crippen molar-refractivity contribution in [2.24, 2.45) is 0 Å². The lowest BCUT2D eigenvalue weighted by molar-refractivity contribution is 0.0674. The molecule has 2 N–H and O–H groups in total. The Bertz CT molecular complexity index is 394. The quantitative estimate of drug-likeness (QED) is 0.700. The molecule has 0 saturated carbocycles. The smallest absolute Gasteiger partial charge is 0.358 e. The third-order valence-corrected chi connectivity index (χ3v) is 2.35. The van der Waals surface area contributed by atoms with Crippen LogP contribution in [-0.4, -0.2) is 50.4 Å². The van der Waals surface area contributed by atoms with Crippen LogP contribution in [0.3, 0.4) is 0 Å². The number of likely N-dealkylation sites (tertiary alicyclic amines) is 1. The third kappa shape index (κ3) is 1.67. The van der Waals surface area contributed by atoms with Crippen molar-refractivity contribution < 1.29 is 14.7 Å². The maximum absolute atomic E-state index is 11.8. The van der Waals surface area contributed by atoms with Crippen LogP contribution in [0.5, 0.6) is 0 Å². The van der Waals surface area contributed by atoms with Crippen molar-refractivity contribution in [1.82, 2.24) is 20.3 Å². The van der Waals surface area contributed by atoms with Crippen molar-refractivity contribution in [3.05, 3.63) is 11.4 Å². The largest absolute Gasteiger partial charge is 0.476 e. The molecule has 80 valence electrons. The minimum atomic E-state index is -1.24. The number of nitrogens with zero attached hydrogens (tertiary/aromatic N) is 3. The van der Waals surface area contributed by atoms with Crippen LogP contribution in [0.2, 0.25) is 0 Å². The predicted molar refractivity (Wildman–Crippen MR) is 48.5 cm³/mol. The van der Waals surface area contributed by atoms with Gasteiger partial charge in [-0.3, -0.25) is 4.79 Å². The van der Waals surface area contributed by atoms with E-state index in [1.165, 1.54) is 0 Å². The number of aromatic amines is 1. The van der Waals surface area contributed by atoms with Gasteiger partial charge in [0.15, 0.2) is 5.69 Å². The number of carboxylic acid groups (broad SMARTS) is 1. The fourth-order valence-electron chi connectivity index (χ4n) is 1.60. The molecule has 2 rings (SSSR count). The first-order chi connectivity index (χ1) is 7.20. The van der Waals surface area contributed by atoms with E-state index in [0.717, 1.165) is 12.8 Å². The van der Waals surface area contributed by atoms with Crippen molar-refractivity contribution in [2.45, 2.75) is 12.8 Å². The minimum absolute atomic E-state index is 0.107. The maximum Gasteiger partial charge on any atom is 0.358 e. The molecular formula is C8H10N4O3. The Morgan fingerprint density at radius 2 is 1.80 bits per heavy atom. The monoisotopic (exact) mass is 210 g/mol. The molecule has 0 atom stereocenters. The molecule has 2 heterocycles. The highest BCUT2D eigenvalue weighted by atomic mass is 16.4. The highest BCUT2D eigenvalue weighted by molar-refractivity contribution is 6.01. The second kappa shape index (κ2) is 3.68. The third-order valence-electron chi connectivity index (χ3n) is 2.35. The van der Waals surface area contributed by atoms with Gasteiger partial charge in [0.25, 0.3) is 5.91 Å². The topological polar surface area (TPSA) is 99.2 Å². The van der Waals surface area contributed by atoms with Crippen LogP contribution in [0.15, 0.2) is 0 Å². The standard InChI is InChI=1S/C8H10N4O3/c13-7(12-3-1-2-4-12)5-6(8(14)15)10-11-9-5/h1-4H2,(H,14,15)(H,9,10,11). The zero-order valence-corrected chi connectivity index (χ0v) is 7.93. The molecule has 1 aliphatic heterocycles. The van der Waals surface area contributed by atoms with Gasteiger partial charge in [-0.15, -0.1) is 10.2 Å². The molecule has 0 unspecified atom stereocenters. The SMILES string of the molecule is O=C(O)c1n[nH]nc1C(=O)N1CCCC1. The lowest BCUT2D eigenvalue weighted by Gasteiger charge is -2.12. The summed E-state index contributed by atoms with van der Waals surface area (Å²) in [6.07, 6.45) is 1.90. The van der Waals surface area contributed by atoms with E-state index in [1.807, 2.05) is 0 Å². The Morgan fingerprint density at radius 3 is 2.40 bits per heavy atom. The first-order valence-electron chi connectivity index (χ1n) is 4.63. The molecule has 1 aromatic heterocycles. The number of aromatic nitrogens is 3. The molecule has 0 aromatic carbocycles. The number of rotatable bonds is 2. The molecule has 0 radical (unpaired) electrons. The summed E-state index contributed by atoms with van der Waals surface area (Å²) < 4.78 is 0. The van der Waals surface area contributed by atoms with Crippen molar-refractivity contribution in [3.63, 3.8) is 0 Å². The fraction of sp³-hybridized carbons (Fsp3) is 0.500. The Hall–Kier alpha value is -1.92. The number of carboxylic acids is 1. The van der Waals surface area contributed by atoms with Gasteiger partial charge < -0.3 is 10.0 Å². The second-order valence-electron chi connectivity index (χ2n) is 3.33. The molecule has 15 heavy (non-hydrogen) atoms. The van der Waals surface area contributed by atoms with Gasteiger partial charge in [-0.25, -0.2) is 4.79 Å². The van der Waals surface area contributed by atoms with Crippen LogP contribution in [0.25, 0.3) is 0 Å². The van der Waals surface area contributed by atoms with Crippen molar-refractivity contribution in [2.75, 3.05) is 13.1 Å². The fourth-order valence-corrected chi connectivity index (χ4v) is 1.60. The normalized spacial score (nSPS) is 15.6. The van der Waals surface area contributed by atoms with E-state index >= 15 is 0 Å². The summed E-state index contributed by atoms with van der Waals surface area (Å²) in [7, 11) is 0. The number of hydrogen-bond acceptors (Lipinski definition) is 4. The number of hydrogen-bond donors (Lipinski definition) is 2. The molecule has 1 saturated heterocycles. The predicted octanol–water partition coefficient (Wildman–Crippen LogP) is -0.261. The van der Waals surface area contributed by atoms with Crippen LogP contribution >= 0.6 is 0 Å². The van der Waals surface area contributed by atoms with Crippen LogP contribution in [0, 0.1) is 0 Å². The summed E-state index contributed by atoms with van der Waals surface area (Å²) in [5.41, 5.74) is -0.420. The summed E-state index contributed by atoms with van der Waals surface area (Å²) >= 11 is 0. The number of amides is 1. The van der Waals surface area contributed by atoms with Gasteiger partial charge in [0.2, 0.25) is 5.69 Å². The van der Waals surface area contributed by atoms with E-state index in [-0.39, 0.29) is 17.3 Å². The molecular weight excluding hydrogens is 200 g/mol. The van der Waals surface area contributed by atoms with Gasteiger partial charge in [0.1, 0.15) is 0 Å². The zero-order valence-electron chi connectivity index (χ0n) is 7.93. The van der Waals surface area contributed by atoms with Gasteiger partial charge in [0, 0.05) is 13.1 Å². The Labute approximate surface area is 85.1 Å². The molecule has 0 spiro atoms. The van der Waals surface area contributed by atoms with Gasteiger partial charge >= 0.3 is 5.97 Å². The summed E-state index contributed by atoms with van der Waals surface area (Å²) in [4.78, 5) is 24.1. The van der Waals surface area contributed by atoms with E-state index in [4.69, 9.17) is 5.11 Å². The number of H-pyrrole nitrogens is 1. The van der Waals surface area contributed by atoms with E-state index < -0.39 is 5.97 Å². The second-order valence-corrected chi connectivity index (χ2v) is 3.33. The molecule has 0 aliphatic carbocycles. The summed E-state index contributed by atoms with van der Waals surface area (Å²) in [5.74, 6) is -1.61. The highest BCUT2D eigenvalue weighted by Crippen LogP contribution is 2.12. The molecule has 1 aliphatic rings. The highest BCUT2D eigenvalue weighted by Gasteiger charge is 2.27. The molecule has 0 bridgehead atoms. The van der Waals surface area contributed by atoms with Crippen molar-refractivity contribution >= 4 is 11.9 Å². The van der Waals surface area contributed by atoms with Crippen LogP contribution in [0.1, 0.15) is 33.8 Å². The molecule has 7 heteroatoms. The van der Waals surface area contributed by atoms with Gasteiger partial charge in [-0.2, -0.15) is 5.21 Å².